The Balaban J connectivity index is 1.60. The van der Waals surface area contributed by atoms with Gasteiger partial charge in [-0.25, -0.2) is 4.98 Å². The third kappa shape index (κ3) is 5.13. The van der Waals surface area contributed by atoms with Crippen LogP contribution in [0.5, 0.6) is 0 Å². The lowest BCUT2D eigenvalue weighted by atomic mass is 9.92. The van der Waals surface area contributed by atoms with E-state index in [1.165, 1.54) is 18.2 Å². The molecule has 0 saturated carbocycles. The maximum absolute atomic E-state index is 13.1. The summed E-state index contributed by atoms with van der Waals surface area (Å²) >= 11 is 1.38. The van der Waals surface area contributed by atoms with E-state index in [0.717, 1.165) is 35.6 Å². The van der Waals surface area contributed by atoms with Crippen LogP contribution in [0.15, 0.2) is 65.8 Å². The molecule has 31 heavy (non-hydrogen) atoms. The number of nitrogens with zero attached hydrogens (tertiary/aromatic N) is 4. The van der Waals surface area contributed by atoms with E-state index >= 15 is 0 Å². The molecule has 2 heterocycles. The quantitative estimate of drug-likeness (QED) is 0.519. The molecule has 0 radical (unpaired) electrons. The van der Waals surface area contributed by atoms with Gasteiger partial charge in [-0.15, -0.1) is 10.2 Å². The average Bonchev–Trinajstić information content (AvgIpc) is 2.79. The van der Waals surface area contributed by atoms with Crippen molar-refractivity contribution in [2.75, 3.05) is 13.1 Å². The molecule has 1 aliphatic heterocycles. The van der Waals surface area contributed by atoms with Crippen molar-refractivity contribution in [1.82, 2.24) is 20.1 Å². The molecule has 1 fully saturated rings. The number of piperidine rings is 1. The van der Waals surface area contributed by atoms with E-state index in [9.17, 15) is 4.79 Å². The van der Waals surface area contributed by atoms with Crippen molar-refractivity contribution in [3.05, 3.63) is 60.7 Å². The zero-order valence-electron chi connectivity index (χ0n) is 18.2. The summed E-state index contributed by atoms with van der Waals surface area (Å²) in [6.07, 6.45) is 1.18. The lowest BCUT2D eigenvalue weighted by molar-refractivity contribution is -0.132. The number of hydrogen-bond acceptors (Lipinski definition) is 5. The molecule has 6 heteroatoms. The number of amides is 1. The molecular weight excluding hydrogens is 404 g/mol. The smallest absolute Gasteiger partial charge is 0.235 e. The Morgan fingerprint density at radius 2 is 1.45 bits per heavy atom. The SMILES string of the molecule is CC1CC(C)CN(C(=O)C(C)Sc2nnc(-c3ccccc3)c(-c3ccccc3)n2)C1. The molecule has 0 spiro atoms. The first-order valence-corrected chi connectivity index (χ1v) is 11.7. The largest absolute Gasteiger partial charge is 0.341 e. The summed E-state index contributed by atoms with van der Waals surface area (Å²) in [5.41, 5.74) is 3.48. The molecule has 160 valence electrons. The molecule has 3 unspecified atom stereocenters. The monoisotopic (exact) mass is 432 g/mol. The first-order valence-electron chi connectivity index (χ1n) is 10.8. The standard InChI is InChI=1S/C25H28N4OS/c1-17-14-18(2)16-29(15-17)24(30)19(3)31-25-26-22(20-10-6-4-7-11-20)23(27-28-25)21-12-8-5-9-13-21/h4-13,17-19H,14-16H2,1-3H3. The van der Waals surface area contributed by atoms with Crippen molar-refractivity contribution < 1.29 is 4.79 Å². The van der Waals surface area contributed by atoms with Gasteiger partial charge in [0.25, 0.3) is 0 Å². The minimum absolute atomic E-state index is 0.153. The first kappa shape index (κ1) is 21.5. The molecule has 0 bridgehead atoms. The molecule has 1 aromatic heterocycles. The second-order valence-corrected chi connectivity index (χ2v) is 9.78. The van der Waals surface area contributed by atoms with Gasteiger partial charge >= 0.3 is 0 Å². The zero-order chi connectivity index (χ0) is 21.8. The predicted molar refractivity (Wildman–Crippen MR) is 126 cm³/mol. The van der Waals surface area contributed by atoms with Crippen molar-refractivity contribution in [1.29, 1.82) is 0 Å². The zero-order valence-corrected chi connectivity index (χ0v) is 19.0. The summed E-state index contributed by atoms with van der Waals surface area (Å²) < 4.78 is 0. The number of hydrogen-bond donors (Lipinski definition) is 0. The van der Waals surface area contributed by atoms with Gasteiger partial charge in [0.15, 0.2) is 0 Å². The minimum Gasteiger partial charge on any atom is -0.341 e. The van der Waals surface area contributed by atoms with Crippen LogP contribution in [-0.4, -0.2) is 44.3 Å². The highest BCUT2D eigenvalue weighted by atomic mass is 32.2. The first-order chi connectivity index (χ1) is 15.0. The van der Waals surface area contributed by atoms with Crippen molar-refractivity contribution in [3.63, 3.8) is 0 Å². The Bertz CT molecular complexity index is 1020. The number of benzene rings is 2. The van der Waals surface area contributed by atoms with Crippen LogP contribution in [0.25, 0.3) is 22.5 Å². The van der Waals surface area contributed by atoms with E-state index < -0.39 is 0 Å². The minimum atomic E-state index is -0.259. The van der Waals surface area contributed by atoms with Crippen LogP contribution in [0.3, 0.4) is 0 Å². The number of likely N-dealkylation sites (tertiary alicyclic amines) is 1. The number of carbonyl (C=O) groups excluding carboxylic acids is 1. The number of carbonyl (C=O) groups is 1. The lowest BCUT2D eigenvalue weighted by Gasteiger charge is -2.36. The van der Waals surface area contributed by atoms with Gasteiger partial charge in [0.05, 0.1) is 5.25 Å². The number of aromatic nitrogens is 3. The van der Waals surface area contributed by atoms with Gasteiger partial charge in [-0.1, -0.05) is 86.3 Å². The lowest BCUT2D eigenvalue weighted by Crippen LogP contribution is -2.45. The van der Waals surface area contributed by atoms with Gasteiger partial charge in [0, 0.05) is 24.2 Å². The Labute approximate surface area is 188 Å². The molecule has 2 aromatic carbocycles. The summed E-state index contributed by atoms with van der Waals surface area (Å²) in [5.74, 6) is 1.23. The maximum Gasteiger partial charge on any atom is 0.235 e. The predicted octanol–water partition coefficient (Wildman–Crippen LogP) is 5.19. The third-order valence-electron chi connectivity index (χ3n) is 5.57. The second-order valence-electron chi connectivity index (χ2n) is 8.47. The molecule has 3 aromatic rings. The van der Waals surface area contributed by atoms with E-state index in [1.54, 1.807) is 0 Å². The van der Waals surface area contributed by atoms with Crippen molar-refractivity contribution in [3.8, 4) is 22.5 Å². The Morgan fingerprint density at radius 1 is 0.903 bits per heavy atom. The molecule has 1 amide bonds. The molecule has 3 atom stereocenters. The molecule has 5 nitrogen and oxygen atoms in total. The molecule has 0 N–H and O–H groups in total. The molecule has 4 rings (SSSR count). The van der Waals surface area contributed by atoms with Crippen LogP contribution in [0, 0.1) is 11.8 Å². The summed E-state index contributed by atoms with van der Waals surface area (Å²) in [6.45, 7) is 8.03. The van der Waals surface area contributed by atoms with Gasteiger partial charge in [-0.05, 0) is 25.2 Å². The third-order valence-corrected chi connectivity index (χ3v) is 6.51. The van der Waals surface area contributed by atoms with Gasteiger partial charge in [-0.3, -0.25) is 4.79 Å². The van der Waals surface area contributed by atoms with Crippen LogP contribution in [-0.2, 0) is 4.79 Å². The summed E-state index contributed by atoms with van der Waals surface area (Å²) in [6, 6.07) is 20.0. The van der Waals surface area contributed by atoms with E-state index in [1.807, 2.05) is 72.5 Å². The van der Waals surface area contributed by atoms with Crippen LogP contribution in [0.1, 0.15) is 27.2 Å². The average molecular weight is 433 g/mol. The van der Waals surface area contributed by atoms with Crippen LogP contribution in [0.4, 0.5) is 0 Å². The van der Waals surface area contributed by atoms with Crippen molar-refractivity contribution >= 4 is 17.7 Å². The fourth-order valence-electron chi connectivity index (χ4n) is 4.26. The highest BCUT2D eigenvalue weighted by Gasteiger charge is 2.29. The van der Waals surface area contributed by atoms with Crippen molar-refractivity contribution in [2.45, 2.75) is 37.6 Å². The molecule has 1 aliphatic rings. The van der Waals surface area contributed by atoms with Gasteiger partial charge in [0.1, 0.15) is 11.4 Å². The fraction of sp³-hybridized carbons (Fsp3) is 0.360. The Kier molecular flexibility index (Phi) is 6.66. The van der Waals surface area contributed by atoms with E-state index in [4.69, 9.17) is 4.98 Å². The van der Waals surface area contributed by atoms with Gasteiger partial charge in [0.2, 0.25) is 11.1 Å². The van der Waals surface area contributed by atoms with Crippen LogP contribution >= 0.6 is 11.8 Å². The molecule has 0 aliphatic carbocycles. The summed E-state index contributed by atoms with van der Waals surface area (Å²) in [4.78, 5) is 19.9. The van der Waals surface area contributed by atoms with E-state index in [0.29, 0.717) is 17.0 Å². The van der Waals surface area contributed by atoms with Crippen molar-refractivity contribution in [2.24, 2.45) is 11.8 Å². The van der Waals surface area contributed by atoms with Gasteiger partial charge < -0.3 is 4.90 Å². The molecule has 1 saturated heterocycles. The topological polar surface area (TPSA) is 59.0 Å². The summed E-state index contributed by atoms with van der Waals surface area (Å²) in [7, 11) is 0. The second kappa shape index (κ2) is 9.60. The van der Waals surface area contributed by atoms with E-state index in [2.05, 4.69) is 24.0 Å². The maximum atomic E-state index is 13.1. The van der Waals surface area contributed by atoms with Crippen LogP contribution in [0.2, 0.25) is 0 Å². The van der Waals surface area contributed by atoms with Crippen LogP contribution < -0.4 is 0 Å². The highest BCUT2D eigenvalue weighted by Crippen LogP contribution is 2.31. The molecular formula is C25H28N4OS. The number of thioether (sulfide) groups is 1. The normalized spacial score (nSPS) is 19.8. The van der Waals surface area contributed by atoms with E-state index in [-0.39, 0.29) is 11.2 Å². The Morgan fingerprint density at radius 3 is 2.03 bits per heavy atom. The summed E-state index contributed by atoms with van der Waals surface area (Å²) in [5, 5.41) is 9.15. The highest BCUT2D eigenvalue weighted by molar-refractivity contribution is 8.00. The fourth-order valence-corrected chi connectivity index (χ4v) is 5.06. The Hall–Kier alpha value is -2.73. The van der Waals surface area contributed by atoms with Gasteiger partial charge in [-0.2, -0.15) is 0 Å². The number of rotatable bonds is 5.